The van der Waals surface area contributed by atoms with Crippen LogP contribution >= 0.6 is 0 Å². The van der Waals surface area contributed by atoms with Gasteiger partial charge in [-0.3, -0.25) is 4.90 Å². The van der Waals surface area contributed by atoms with Gasteiger partial charge in [0.15, 0.2) is 0 Å². The molecule has 0 amide bonds. The second-order valence-electron chi connectivity index (χ2n) is 7.36. The Morgan fingerprint density at radius 1 is 0.714 bits per heavy atom. The van der Waals surface area contributed by atoms with Crippen LogP contribution in [0.2, 0.25) is 0 Å². The topological polar surface area (TPSA) is 15.7 Å². The van der Waals surface area contributed by atoms with Gasteiger partial charge in [0.2, 0.25) is 0 Å². The molecule has 3 nitrogen and oxygen atoms in total. The van der Waals surface area contributed by atoms with Crippen LogP contribution in [0.25, 0.3) is 0 Å². The minimum atomic E-state index is 0.841. The summed E-state index contributed by atoms with van der Waals surface area (Å²) in [5.74, 6) is 1.12. The van der Waals surface area contributed by atoms with E-state index in [2.05, 4.69) is 65.2 Å². The van der Waals surface area contributed by atoms with E-state index in [0.29, 0.717) is 0 Å². The highest BCUT2D eigenvalue weighted by atomic mass is 16.5. The van der Waals surface area contributed by atoms with Gasteiger partial charge < -0.3 is 9.64 Å². The highest BCUT2D eigenvalue weighted by Gasteiger charge is 2.16. The van der Waals surface area contributed by atoms with E-state index in [0.717, 1.165) is 25.3 Å². The van der Waals surface area contributed by atoms with Crippen molar-refractivity contribution in [2.45, 2.75) is 108 Å². The van der Waals surface area contributed by atoms with Gasteiger partial charge in [0.1, 0.15) is 0 Å². The van der Waals surface area contributed by atoms with E-state index in [-0.39, 0.29) is 0 Å². The average molecular weight is 401 g/mol. The Morgan fingerprint density at radius 2 is 1.18 bits per heavy atom. The molecule has 28 heavy (non-hydrogen) atoms. The highest BCUT2D eigenvalue weighted by molar-refractivity contribution is 5.06. The van der Waals surface area contributed by atoms with Crippen LogP contribution in [-0.2, 0) is 4.74 Å². The molecule has 0 aromatic rings. The zero-order valence-corrected chi connectivity index (χ0v) is 21.5. The number of rotatable bonds is 9. The van der Waals surface area contributed by atoms with Gasteiger partial charge in [-0.25, -0.2) is 0 Å². The summed E-state index contributed by atoms with van der Waals surface area (Å²) in [6, 6.07) is 0. The third-order valence-corrected chi connectivity index (χ3v) is 4.30. The maximum absolute atomic E-state index is 5.70. The summed E-state index contributed by atoms with van der Waals surface area (Å²) in [5.41, 5.74) is 1.38. The molecule has 0 aromatic carbocycles. The van der Waals surface area contributed by atoms with Gasteiger partial charge in [-0.15, -0.1) is 0 Å². The molecule has 172 valence electrons. The van der Waals surface area contributed by atoms with Crippen LogP contribution in [0.1, 0.15) is 108 Å². The molecular formula is C25H56N2O. The molecule has 0 bridgehead atoms. The van der Waals surface area contributed by atoms with Gasteiger partial charge in [0, 0.05) is 32.7 Å². The lowest BCUT2D eigenvalue weighted by Crippen LogP contribution is -2.46. The van der Waals surface area contributed by atoms with E-state index in [1.807, 2.05) is 13.8 Å². The van der Waals surface area contributed by atoms with Gasteiger partial charge >= 0.3 is 0 Å². The van der Waals surface area contributed by atoms with E-state index < -0.39 is 0 Å². The SMILES string of the molecule is CC.CCC.CCCCC.CCCOC(C)=C(C)CN1CCN(CCC)CC1. The van der Waals surface area contributed by atoms with Crippen molar-refractivity contribution in [3.05, 3.63) is 11.3 Å². The zero-order chi connectivity index (χ0) is 22.2. The smallest absolute Gasteiger partial charge is 0.0930 e. The monoisotopic (exact) mass is 400 g/mol. The number of hydrogen-bond acceptors (Lipinski definition) is 3. The molecule has 0 radical (unpaired) electrons. The molecular weight excluding hydrogens is 344 g/mol. The predicted molar refractivity (Wildman–Crippen MR) is 130 cm³/mol. The number of unbranched alkanes of at least 4 members (excludes halogenated alkanes) is 2. The molecule has 0 aliphatic carbocycles. The van der Waals surface area contributed by atoms with Crippen molar-refractivity contribution in [1.29, 1.82) is 0 Å². The lowest BCUT2D eigenvalue weighted by atomic mass is 10.2. The Kier molecular flexibility index (Phi) is 30.4. The molecule has 0 atom stereocenters. The van der Waals surface area contributed by atoms with Gasteiger partial charge in [-0.1, -0.05) is 81.1 Å². The molecule has 3 heteroatoms. The van der Waals surface area contributed by atoms with E-state index in [4.69, 9.17) is 4.74 Å². The normalized spacial score (nSPS) is 15.1. The van der Waals surface area contributed by atoms with Crippen molar-refractivity contribution >= 4 is 0 Å². The molecule has 0 saturated carbocycles. The predicted octanol–water partition coefficient (Wildman–Crippen LogP) is 7.37. The molecule has 1 aliphatic rings. The fraction of sp³-hybridized carbons (Fsp3) is 0.920. The summed E-state index contributed by atoms with van der Waals surface area (Å²) >= 11 is 0. The zero-order valence-electron chi connectivity index (χ0n) is 21.5. The van der Waals surface area contributed by atoms with Crippen LogP contribution in [0.5, 0.6) is 0 Å². The number of piperazine rings is 1. The number of allylic oxidation sites excluding steroid dienone is 1. The third kappa shape index (κ3) is 21.8. The van der Waals surface area contributed by atoms with Crippen LogP contribution in [-0.4, -0.2) is 55.7 Å². The first kappa shape index (κ1) is 32.1. The standard InChI is InChI=1S/C15H30N2O.C5H12.C3H8.C2H6/c1-5-7-16-8-10-17(11-9-16)13-14(3)15(4)18-12-6-2;1-3-5-4-2;1-3-2;1-2/h5-13H2,1-4H3;3-5H2,1-2H3;3H2,1-2H3;1-2H3. The van der Waals surface area contributed by atoms with Gasteiger partial charge in [0.25, 0.3) is 0 Å². The second-order valence-corrected chi connectivity index (χ2v) is 7.36. The van der Waals surface area contributed by atoms with Crippen LogP contribution in [0, 0.1) is 0 Å². The molecule has 0 N–H and O–H groups in total. The van der Waals surface area contributed by atoms with Crippen LogP contribution in [0.3, 0.4) is 0 Å². The van der Waals surface area contributed by atoms with E-state index in [1.54, 1.807) is 0 Å². The maximum Gasteiger partial charge on any atom is 0.0930 e. The summed E-state index contributed by atoms with van der Waals surface area (Å²) in [7, 11) is 0. The van der Waals surface area contributed by atoms with Gasteiger partial charge in [-0.05, 0) is 38.8 Å². The largest absolute Gasteiger partial charge is 0.498 e. The summed E-state index contributed by atoms with van der Waals surface area (Å²) in [5, 5.41) is 0. The van der Waals surface area contributed by atoms with Crippen molar-refractivity contribution < 1.29 is 4.74 Å². The number of ether oxygens (including phenoxy) is 1. The number of hydrogen-bond donors (Lipinski definition) is 0. The molecule has 1 rings (SSSR count). The molecule has 0 spiro atoms. The highest BCUT2D eigenvalue weighted by Crippen LogP contribution is 2.10. The first-order chi connectivity index (χ1) is 13.5. The fourth-order valence-corrected chi connectivity index (χ4v) is 2.67. The Labute approximate surface area is 179 Å². The lowest BCUT2D eigenvalue weighted by molar-refractivity contribution is 0.137. The third-order valence-electron chi connectivity index (χ3n) is 4.30. The molecule has 0 unspecified atom stereocenters. The fourth-order valence-electron chi connectivity index (χ4n) is 2.67. The number of nitrogens with zero attached hydrogens (tertiary/aromatic N) is 2. The quantitative estimate of drug-likeness (QED) is 0.376. The Balaban J connectivity index is -0.000000523. The summed E-state index contributed by atoms with van der Waals surface area (Å²) < 4.78 is 5.70. The second kappa shape index (κ2) is 26.5. The summed E-state index contributed by atoms with van der Waals surface area (Å²) in [4.78, 5) is 5.11. The van der Waals surface area contributed by atoms with Crippen LogP contribution in [0.15, 0.2) is 11.3 Å². The molecule has 0 aromatic heterocycles. The minimum absolute atomic E-state index is 0.841. The summed E-state index contributed by atoms with van der Waals surface area (Å²) in [6.07, 6.45) is 7.68. The van der Waals surface area contributed by atoms with Crippen molar-refractivity contribution in [3.8, 4) is 0 Å². The van der Waals surface area contributed by atoms with Gasteiger partial charge in [0.05, 0.1) is 12.4 Å². The molecule has 1 heterocycles. The van der Waals surface area contributed by atoms with Crippen molar-refractivity contribution in [2.24, 2.45) is 0 Å². The first-order valence-corrected chi connectivity index (χ1v) is 12.2. The summed E-state index contributed by atoms with van der Waals surface area (Å²) in [6.45, 7) is 29.4. The molecule has 1 fully saturated rings. The van der Waals surface area contributed by atoms with Gasteiger partial charge in [-0.2, -0.15) is 0 Å². The van der Waals surface area contributed by atoms with Crippen molar-refractivity contribution in [2.75, 3.05) is 45.9 Å². The Hall–Kier alpha value is -0.540. The average Bonchev–Trinajstić information content (AvgIpc) is 2.71. The maximum atomic E-state index is 5.70. The van der Waals surface area contributed by atoms with E-state index in [9.17, 15) is 0 Å². The minimum Gasteiger partial charge on any atom is -0.498 e. The Morgan fingerprint density at radius 3 is 1.54 bits per heavy atom. The van der Waals surface area contributed by atoms with E-state index >= 15 is 0 Å². The van der Waals surface area contributed by atoms with E-state index in [1.165, 1.54) is 70.4 Å². The lowest BCUT2D eigenvalue weighted by Gasteiger charge is -2.34. The van der Waals surface area contributed by atoms with Crippen LogP contribution in [0.4, 0.5) is 0 Å². The molecule has 1 aliphatic heterocycles. The van der Waals surface area contributed by atoms with Crippen molar-refractivity contribution in [1.82, 2.24) is 9.80 Å². The Bertz CT molecular complexity index is 306. The van der Waals surface area contributed by atoms with Crippen LogP contribution < -0.4 is 0 Å². The molecule has 1 saturated heterocycles. The van der Waals surface area contributed by atoms with Crippen molar-refractivity contribution in [3.63, 3.8) is 0 Å². The first-order valence-electron chi connectivity index (χ1n) is 12.2.